The van der Waals surface area contributed by atoms with Gasteiger partial charge in [-0.1, -0.05) is 13.8 Å². The van der Waals surface area contributed by atoms with Crippen LogP contribution in [0.5, 0.6) is 0 Å². The molecule has 0 spiro atoms. The second-order valence-corrected chi connectivity index (χ2v) is 2.85. The topological polar surface area (TPSA) is 81.7 Å². The first kappa shape index (κ1) is 9.08. The number of hydrogen-bond acceptors (Lipinski definition) is 5. The maximum absolute atomic E-state index is 5.10. The molecule has 0 aliphatic heterocycles. The molecule has 6 nitrogen and oxygen atoms in total. The molecule has 0 aliphatic rings. The van der Waals surface area contributed by atoms with E-state index in [0.29, 0.717) is 19.0 Å². The van der Waals surface area contributed by atoms with Gasteiger partial charge in [0.15, 0.2) is 5.82 Å². The van der Waals surface area contributed by atoms with Crippen LogP contribution in [0.25, 0.3) is 0 Å². The molecule has 0 saturated heterocycles. The van der Waals surface area contributed by atoms with Gasteiger partial charge in [0.2, 0.25) is 0 Å². The fourth-order valence-electron chi connectivity index (χ4n) is 0.746. The molecule has 68 valence electrons. The Balaban J connectivity index is 2.52. The fraction of sp³-hybridized carbons (Fsp3) is 0.833. The Morgan fingerprint density at radius 3 is 2.83 bits per heavy atom. The highest BCUT2D eigenvalue weighted by molar-refractivity contribution is 4.84. The van der Waals surface area contributed by atoms with Crippen molar-refractivity contribution >= 4 is 0 Å². The second-order valence-electron chi connectivity index (χ2n) is 2.85. The van der Waals surface area contributed by atoms with Gasteiger partial charge in [-0.05, 0) is 5.21 Å². The summed E-state index contributed by atoms with van der Waals surface area (Å²) in [7, 11) is 0. The predicted molar refractivity (Wildman–Crippen MR) is 44.1 cm³/mol. The van der Waals surface area contributed by atoms with Gasteiger partial charge in [0.05, 0.1) is 6.54 Å². The van der Waals surface area contributed by atoms with Gasteiger partial charge in [0.1, 0.15) is 0 Å². The van der Waals surface area contributed by atoms with Gasteiger partial charge in [-0.2, -0.15) is 4.80 Å². The third kappa shape index (κ3) is 2.24. The molecular formula is C6H14N6. The number of nitrogens with two attached hydrogens (primary N) is 1. The van der Waals surface area contributed by atoms with E-state index >= 15 is 0 Å². The molecule has 0 atom stereocenters. The monoisotopic (exact) mass is 170 g/mol. The molecule has 0 aromatic carbocycles. The number of aromatic nitrogens is 4. The molecule has 0 amide bonds. The molecule has 1 rings (SSSR count). The van der Waals surface area contributed by atoms with Crippen molar-refractivity contribution in [2.45, 2.75) is 26.3 Å². The van der Waals surface area contributed by atoms with E-state index in [9.17, 15) is 0 Å². The predicted octanol–water partition coefficient (Wildman–Crippen LogP) is -0.740. The van der Waals surface area contributed by atoms with E-state index in [-0.39, 0.29) is 0 Å². The van der Waals surface area contributed by atoms with Crippen LogP contribution >= 0.6 is 0 Å². The summed E-state index contributed by atoms with van der Waals surface area (Å²) in [4.78, 5) is 1.54. The quantitative estimate of drug-likeness (QED) is 0.459. The third-order valence-corrected chi connectivity index (χ3v) is 1.44. The Bertz CT molecular complexity index is 230. The number of nitrogens with one attached hydrogen (secondary N) is 1. The SMILES string of the molecule is CC(C)c1nnn(CCNN)n1. The second kappa shape index (κ2) is 4.13. The van der Waals surface area contributed by atoms with Crippen LogP contribution in [0.1, 0.15) is 25.6 Å². The number of hydrogen-bond donors (Lipinski definition) is 2. The van der Waals surface area contributed by atoms with Crippen LogP contribution in [0.2, 0.25) is 0 Å². The van der Waals surface area contributed by atoms with Gasteiger partial charge in [-0.15, -0.1) is 10.2 Å². The molecule has 1 aromatic rings. The normalized spacial score (nSPS) is 11.0. The molecule has 1 aromatic heterocycles. The first-order chi connectivity index (χ1) is 5.74. The molecule has 0 bridgehead atoms. The van der Waals surface area contributed by atoms with E-state index in [4.69, 9.17) is 5.84 Å². The molecule has 1 heterocycles. The molecule has 0 aliphatic carbocycles. The highest BCUT2D eigenvalue weighted by Gasteiger charge is 2.05. The first-order valence-corrected chi connectivity index (χ1v) is 3.95. The molecule has 6 heteroatoms. The summed E-state index contributed by atoms with van der Waals surface area (Å²) in [5.41, 5.74) is 2.53. The van der Waals surface area contributed by atoms with Gasteiger partial charge in [-0.3, -0.25) is 11.3 Å². The van der Waals surface area contributed by atoms with Crippen molar-refractivity contribution in [1.29, 1.82) is 0 Å². The van der Waals surface area contributed by atoms with Crippen LogP contribution in [-0.4, -0.2) is 26.8 Å². The largest absolute Gasteiger partial charge is 0.271 e. The van der Waals surface area contributed by atoms with Crippen molar-refractivity contribution in [3.05, 3.63) is 5.82 Å². The van der Waals surface area contributed by atoms with Crippen LogP contribution in [0, 0.1) is 0 Å². The first-order valence-electron chi connectivity index (χ1n) is 3.95. The van der Waals surface area contributed by atoms with Crippen LogP contribution in [-0.2, 0) is 6.54 Å². The molecule has 3 N–H and O–H groups in total. The third-order valence-electron chi connectivity index (χ3n) is 1.44. The molecular weight excluding hydrogens is 156 g/mol. The minimum Gasteiger partial charge on any atom is -0.271 e. The lowest BCUT2D eigenvalue weighted by molar-refractivity contribution is 0.495. The minimum absolute atomic E-state index is 0.324. The van der Waals surface area contributed by atoms with Crippen LogP contribution in [0.15, 0.2) is 0 Å². The number of nitrogens with zero attached hydrogens (tertiary/aromatic N) is 4. The summed E-state index contributed by atoms with van der Waals surface area (Å²) in [6.45, 7) is 5.36. The summed E-state index contributed by atoms with van der Waals surface area (Å²) in [6.07, 6.45) is 0. The van der Waals surface area contributed by atoms with Crippen LogP contribution in [0.4, 0.5) is 0 Å². The Morgan fingerprint density at radius 1 is 1.58 bits per heavy atom. The molecule has 0 radical (unpaired) electrons. The summed E-state index contributed by atoms with van der Waals surface area (Å²) in [6, 6.07) is 0. The van der Waals surface area contributed by atoms with Crippen molar-refractivity contribution in [3.63, 3.8) is 0 Å². The maximum atomic E-state index is 5.10. The molecule has 0 fully saturated rings. The Hall–Kier alpha value is -1.01. The smallest absolute Gasteiger partial charge is 0.177 e. The highest BCUT2D eigenvalue weighted by Crippen LogP contribution is 2.04. The highest BCUT2D eigenvalue weighted by atomic mass is 15.6. The lowest BCUT2D eigenvalue weighted by atomic mass is 10.2. The molecule has 12 heavy (non-hydrogen) atoms. The summed E-state index contributed by atoms with van der Waals surface area (Å²) < 4.78 is 0. The number of tetrazole rings is 1. The Labute approximate surface area is 71.1 Å². The van der Waals surface area contributed by atoms with Crippen LogP contribution in [0.3, 0.4) is 0 Å². The average Bonchev–Trinajstić information content (AvgIpc) is 2.48. The zero-order chi connectivity index (χ0) is 8.97. The van der Waals surface area contributed by atoms with E-state index in [0.717, 1.165) is 5.82 Å². The zero-order valence-electron chi connectivity index (χ0n) is 7.36. The summed E-state index contributed by atoms with van der Waals surface area (Å²) in [5.74, 6) is 6.20. The van der Waals surface area contributed by atoms with Gasteiger partial charge in [-0.25, -0.2) is 0 Å². The van der Waals surface area contributed by atoms with Gasteiger partial charge >= 0.3 is 0 Å². The zero-order valence-corrected chi connectivity index (χ0v) is 7.36. The Morgan fingerprint density at radius 2 is 2.33 bits per heavy atom. The standard InChI is InChI=1S/C6H14N6/c1-5(2)6-9-11-12(10-6)4-3-8-7/h5,8H,3-4,7H2,1-2H3. The lowest BCUT2D eigenvalue weighted by Gasteiger charge is -1.96. The van der Waals surface area contributed by atoms with E-state index < -0.39 is 0 Å². The summed E-state index contributed by atoms with van der Waals surface area (Å²) >= 11 is 0. The van der Waals surface area contributed by atoms with Crippen LogP contribution < -0.4 is 11.3 Å². The van der Waals surface area contributed by atoms with Crippen molar-refractivity contribution in [3.8, 4) is 0 Å². The fourth-order valence-corrected chi connectivity index (χ4v) is 0.746. The molecule has 0 unspecified atom stereocenters. The van der Waals surface area contributed by atoms with E-state index in [2.05, 4.69) is 20.8 Å². The average molecular weight is 170 g/mol. The van der Waals surface area contributed by atoms with E-state index in [1.165, 1.54) is 4.80 Å². The number of rotatable bonds is 4. The Kier molecular flexibility index (Phi) is 3.12. The van der Waals surface area contributed by atoms with Crippen molar-refractivity contribution < 1.29 is 0 Å². The lowest BCUT2D eigenvalue weighted by Crippen LogP contribution is -2.27. The van der Waals surface area contributed by atoms with Crippen molar-refractivity contribution in [2.75, 3.05) is 6.54 Å². The van der Waals surface area contributed by atoms with Crippen molar-refractivity contribution in [2.24, 2.45) is 5.84 Å². The van der Waals surface area contributed by atoms with Gasteiger partial charge in [0, 0.05) is 12.5 Å². The van der Waals surface area contributed by atoms with Crippen molar-refractivity contribution in [1.82, 2.24) is 25.6 Å². The van der Waals surface area contributed by atoms with Gasteiger partial charge < -0.3 is 0 Å². The van der Waals surface area contributed by atoms with E-state index in [1.807, 2.05) is 13.8 Å². The minimum atomic E-state index is 0.324. The molecule has 0 saturated carbocycles. The maximum Gasteiger partial charge on any atom is 0.177 e. The number of hydrazine groups is 1. The van der Waals surface area contributed by atoms with Gasteiger partial charge in [0.25, 0.3) is 0 Å². The van der Waals surface area contributed by atoms with E-state index in [1.54, 1.807) is 0 Å². The summed E-state index contributed by atoms with van der Waals surface area (Å²) in [5, 5.41) is 11.9.